The van der Waals surface area contributed by atoms with Gasteiger partial charge in [0.25, 0.3) is 11.1 Å². The van der Waals surface area contributed by atoms with Crippen molar-refractivity contribution in [2.75, 3.05) is 13.7 Å². The molecule has 1 aromatic carbocycles. The summed E-state index contributed by atoms with van der Waals surface area (Å²) in [5.41, 5.74) is 3.98. The molecule has 0 atom stereocenters. The molecule has 0 bridgehead atoms. The number of rotatable bonds is 5. The van der Waals surface area contributed by atoms with Crippen LogP contribution in [0.25, 0.3) is 11.8 Å². The first-order valence-electron chi connectivity index (χ1n) is 8.16. The smallest absolute Gasteiger partial charge is 0.293 e. The molecule has 0 spiro atoms. The second-order valence-corrected chi connectivity index (χ2v) is 6.93. The van der Waals surface area contributed by atoms with Crippen molar-refractivity contribution in [1.82, 2.24) is 9.47 Å². The largest absolute Gasteiger partial charge is 0.497 e. The van der Waals surface area contributed by atoms with Gasteiger partial charge in [-0.2, -0.15) is 0 Å². The number of carbonyl (C=O) groups excluding carboxylic acids is 2. The van der Waals surface area contributed by atoms with Gasteiger partial charge in [-0.15, -0.1) is 6.58 Å². The Morgan fingerprint density at radius 1 is 1.19 bits per heavy atom. The van der Waals surface area contributed by atoms with E-state index in [1.807, 2.05) is 44.2 Å². The molecule has 26 heavy (non-hydrogen) atoms. The van der Waals surface area contributed by atoms with E-state index in [-0.39, 0.29) is 17.7 Å². The summed E-state index contributed by atoms with van der Waals surface area (Å²) < 4.78 is 7.32. The number of thioether (sulfide) groups is 1. The van der Waals surface area contributed by atoms with Gasteiger partial charge < -0.3 is 9.30 Å². The van der Waals surface area contributed by atoms with Crippen LogP contribution in [0.4, 0.5) is 4.79 Å². The number of hydrogen-bond donors (Lipinski definition) is 0. The van der Waals surface area contributed by atoms with Crippen LogP contribution in [-0.2, 0) is 4.79 Å². The summed E-state index contributed by atoms with van der Waals surface area (Å²) in [6.07, 6.45) is 3.34. The van der Waals surface area contributed by atoms with Crippen molar-refractivity contribution in [2.45, 2.75) is 13.8 Å². The SMILES string of the molecule is C=CCN1C(=O)S/C(=C/c2cc(C)n(-c3ccc(OC)cc3)c2C)C1=O. The molecule has 1 aromatic heterocycles. The number of carbonyl (C=O) groups is 2. The van der Waals surface area contributed by atoms with Gasteiger partial charge >= 0.3 is 0 Å². The molecule has 134 valence electrons. The molecule has 5 nitrogen and oxygen atoms in total. The Labute approximate surface area is 156 Å². The average Bonchev–Trinajstić information content (AvgIpc) is 3.05. The quantitative estimate of drug-likeness (QED) is 0.582. The zero-order valence-corrected chi connectivity index (χ0v) is 15.8. The monoisotopic (exact) mass is 368 g/mol. The lowest BCUT2D eigenvalue weighted by atomic mass is 10.2. The third-order valence-electron chi connectivity index (χ3n) is 4.27. The first kappa shape index (κ1) is 18.1. The molecular weight excluding hydrogens is 348 g/mol. The number of imide groups is 1. The van der Waals surface area contributed by atoms with E-state index in [9.17, 15) is 9.59 Å². The van der Waals surface area contributed by atoms with E-state index in [1.54, 1.807) is 19.3 Å². The maximum Gasteiger partial charge on any atom is 0.293 e. The lowest BCUT2D eigenvalue weighted by Crippen LogP contribution is -2.27. The molecular formula is C20H20N2O3S. The van der Waals surface area contributed by atoms with Gasteiger partial charge in [0.2, 0.25) is 0 Å². The van der Waals surface area contributed by atoms with E-state index < -0.39 is 0 Å². The fraction of sp³-hybridized carbons (Fsp3) is 0.200. The van der Waals surface area contributed by atoms with Crippen LogP contribution < -0.4 is 4.74 Å². The summed E-state index contributed by atoms with van der Waals surface area (Å²) in [5.74, 6) is 0.529. The van der Waals surface area contributed by atoms with Crippen molar-refractivity contribution in [3.63, 3.8) is 0 Å². The molecule has 1 fully saturated rings. The number of amides is 2. The Kier molecular flexibility index (Phi) is 5.04. The Balaban J connectivity index is 1.96. The summed E-state index contributed by atoms with van der Waals surface area (Å²) in [7, 11) is 1.64. The summed E-state index contributed by atoms with van der Waals surface area (Å²) in [6.45, 7) is 7.83. The molecule has 0 saturated carbocycles. The van der Waals surface area contributed by atoms with Gasteiger partial charge in [-0.05, 0) is 67.6 Å². The van der Waals surface area contributed by atoms with Crippen LogP contribution in [-0.4, -0.2) is 34.3 Å². The van der Waals surface area contributed by atoms with Gasteiger partial charge in [0.05, 0.1) is 12.0 Å². The van der Waals surface area contributed by atoms with Crippen LogP contribution in [0.1, 0.15) is 17.0 Å². The van der Waals surface area contributed by atoms with Gasteiger partial charge in [0.15, 0.2) is 0 Å². The van der Waals surface area contributed by atoms with Crippen molar-refractivity contribution in [3.05, 3.63) is 64.8 Å². The summed E-state index contributed by atoms with van der Waals surface area (Å²) >= 11 is 0.966. The highest BCUT2D eigenvalue weighted by molar-refractivity contribution is 8.18. The van der Waals surface area contributed by atoms with Crippen molar-refractivity contribution in [2.24, 2.45) is 0 Å². The molecule has 1 aliphatic heterocycles. The van der Waals surface area contributed by atoms with Gasteiger partial charge in [-0.3, -0.25) is 14.5 Å². The fourth-order valence-corrected chi connectivity index (χ4v) is 3.83. The normalized spacial score (nSPS) is 15.8. The van der Waals surface area contributed by atoms with Crippen LogP contribution >= 0.6 is 11.8 Å². The van der Waals surface area contributed by atoms with E-state index in [4.69, 9.17) is 4.74 Å². The van der Waals surface area contributed by atoms with E-state index in [2.05, 4.69) is 11.1 Å². The predicted molar refractivity (Wildman–Crippen MR) is 105 cm³/mol. The molecule has 0 radical (unpaired) electrons. The van der Waals surface area contributed by atoms with Gasteiger partial charge in [-0.1, -0.05) is 6.08 Å². The summed E-state index contributed by atoms with van der Waals surface area (Å²) in [4.78, 5) is 26.0. The van der Waals surface area contributed by atoms with E-state index in [0.717, 1.165) is 40.2 Å². The average molecular weight is 368 g/mol. The molecule has 6 heteroatoms. The highest BCUT2D eigenvalue weighted by atomic mass is 32.2. The number of nitrogens with zero attached hydrogens (tertiary/aromatic N) is 2. The minimum atomic E-state index is -0.269. The number of benzene rings is 1. The zero-order chi connectivity index (χ0) is 18.8. The van der Waals surface area contributed by atoms with Gasteiger partial charge in [-0.25, -0.2) is 0 Å². The molecule has 2 aromatic rings. The maximum absolute atomic E-state index is 12.4. The lowest BCUT2D eigenvalue weighted by Gasteiger charge is -2.10. The molecule has 0 unspecified atom stereocenters. The molecule has 2 amide bonds. The van der Waals surface area contributed by atoms with Crippen LogP contribution in [0, 0.1) is 13.8 Å². The number of aromatic nitrogens is 1. The number of methoxy groups -OCH3 is 1. The van der Waals surface area contributed by atoms with Gasteiger partial charge in [0, 0.05) is 23.6 Å². The van der Waals surface area contributed by atoms with Crippen LogP contribution in [0.15, 0.2) is 47.9 Å². The van der Waals surface area contributed by atoms with Crippen molar-refractivity contribution in [3.8, 4) is 11.4 Å². The summed E-state index contributed by atoms with van der Waals surface area (Å²) in [5, 5.41) is -0.259. The summed E-state index contributed by atoms with van der Waals surface area (Å²) in [6, 6.07) is 9.81. The third-order valence-corrected chi connectivity index (χ3v) is 5.18. The van der Waals surface area contributed by atoms with E-state index in [0.29, 0.717) is 4.91 Å². The molecule has 1 saturated heterocycles. The number of aryl methyl sites for hydroxylation is 1. The second-order valence-electron chi connectivity index (χ2n) is 5.94. The molecule has 0 N–H and O–H groups in total. The lowest BCUT2D eigenvalue weighted by molar-refractivity contribution is -0.122. The molecule has 3 rings (SSSR count). The van der Waals surface area contributed by atoms with Crippen molar-refractivity contribution < 1.29 is 14.3 Å². The number of ether oxygens (including phenoxy) is 1. The minimum Gasteiger partial charge on any atom is -0.497 e. The highest BCUT2D eigenvalue weighted by Crippen LogP contribution is 2.33. The van der Waals surface area contributed by atoms with Crippen LogP contribution in [0.5, 0.6) is 5.75 Å². The van der Waals surface area contributed by atoms with Gasteiger partial charge in [0.1, 0.15) is 5.75 Å². The van der Waals surface area contributed by atoms with E-state index >= 15 is 0 Å². The Morgan fingerprint density at radius 3 is 2.50 bits per heavy atom. The van der Waals surface area contributed by atoms with Crippen molar-refractivity contribution in [1.29, 1.82) is 0 Å². The third kappa shape index (κ3) is 3.20. The first-order chi connectivity index (χ1) is 12.5. The Bertz CT molecular complexity index is 910. The Morgan fingerprint density at radius 2 is 1.88 bits per heavy atom. The predicted octanol–water partition coefficient (Wildman–Crippen LogP) is 4.33. The standard InChI is InChI=1S/C20H20N2O3S/c1-5-10-21-19(23)18(26-20(21)24)12-15-11-13(2)22(14(15)3)16-6-8-17(25-4)9-7-16/h5-9,11-12H,1,10H2,2-4H3/b18-12+. The topological polar surface area (TPSA) is 51.5 Å². The van der Waals surface area contributed by atoms with Crippen LogP contribution in [0.2, 0.25) is 0 Å². The molecule has 2 heterocycles. The molecule has 0 aliphatic carbocycles. The first-order valence-corrected chi connectivity index (χ1v) is 8.97. The Hall–Kier alpha value is -2.73. The van der Waals surface area contributed by atoms with Crippen molar-refractivity contribution >= 4 is 29.0 Å². The highest BCUT2D eigenvalue weighted by Gasteiger charge is 2.34. The maximum atomic E-state index is 12.4. The van der Waals surface area contributed by atoms with E-state index in [1.165, 1.54) is 4.90 Å². The second kappa shape index (κ2) is 7.25. The number of hydrogen-bond acceptors (Lipinski definition) is 4. The molecule has 1 aliphatic rings. The minimum absolute atomic E-state index is 0.229. The van der Waals surface area contributed by atoms with Crippen LogP contribution in [0.3, 0.4) is 0 Å². The fourth-order valence-electron chi connectivity index (χ4n) is 2.99. The zero-order valence-electron chi connectivity index (χ0n) is 15.0.